The number of nitrogens with one attached hydrogen (secondary N) is 1. The minimum absolute atomic E-state index is 0.147. The molecule has 0 heterocycles. The highest BCUT2D eigenvalue weighted by molar-refractivity contribution is 7.92. The fraction of sp³-hybridized carbons (Fsp3) is 0.208. The summed E-state index contributed by atoms with van der Waals surface area (Å²) in [6.07, 6.45) is 0. The summed E-state index contributed by atoms with van der Waals surface area (Å²) in [5.41, 5.74) is 4.96. The van der Waals surface area contributed by atoms with Crippen LogP contribution in [0.5, 0.6) is 0 Å². The topological polar surface area (TPSA) is 66.5 Å². The lowest BCUT2D eigenvalue weighted by atomic mass is 10.1. The standard InChI is InChI=1S/C24H26N2O3S/c1-17-8-12-21(13-9-17)26(30(28,29)22-14-10-18(2)11-15-22)16-23(27)25-24-19(3)6-5-7-20(24)4/h5-15H,16H2,1-4H3,(H,25,27). The predicted molar refractivity (Wildman–Crippen MR) is 121 cm³/mol. The van der Waals surface area contributed by atoms with Crippen molar-refractivity contribution in [2.24, 2.45) is 0 Å². The van der Waals surface area contributed by atoms with Gasteiger partial charge in [0.05, 0.1) is 10.6 Å². The van der Waals surface area contributed by atoms with Crippen molar-refractivity contribution in [3.05, 3.63) is 89.0 Å². The number of sulfonamides is 1. The Morgan fingerprint density at radius 2 is 1.30 bits per heavy atom. The van der Waals surface area contributed by atoms with Crippen molar-refractivity contribution in [2.45, 2.75) is 32.6 Å². The Morgan fingerprint density at radius 3 is 1.83 bits per heavy atom. The highest BCUT2D eigenvalue weighted by Gasteiger charge is 2.27. The molecule has 0 saturated heterocycles. The fourth-order valence-electron chi connectivity index (χ4n) is 3.18. The first-order chi connectivity index (χ1) is 14.2. The maximum absolute atomic E-state index is 13.4. The van der Waals surface area contributed by atoms with Crippen LogP contribution in [0.25, 0.3) is 0 Å². The number of anilines is 2. The molecule has 3 rings (SSSR count). The molecule has 0 unspecified atom stereocenters. The number of para-hydroxylation sites is 1. The van der Waals surface area contributed by atoms with E-state index in [-0.39, 0.29) is 11.4 Å². The van der Waals surface area contributed by atoms with Crippen LogP contribution in [-0.2, 0) is 14.8 Å². The molecule has 6 heteroatoms. The molecule has 0 aliphatic rings. The van der Waals surface area contributed by atoms with E-state index in [4.69, 9.17) is 0 Å². The van der Waals surface area contributed by atoms with Gasteiger partial charge in [0.25, 0.3) is 10.0 Å². The lowest BCUT2D eigenvalue weighted by molar-refractivity contribution is -0.114. The highest BCUT2D eigenvalue weighted by Crippen LogP contribution is 2.25. The Morgan fingerprint density at radius 1 is 0.800 bits per heavy atom. The molecular formula is C24H26N2O3S. The number of amides is 1. The maximum atomic E-state index is 13.4. The van der Waals surface area contributed by atoms with E-state index in [1.54, 1.807) is 36.4 Å². The summed E-state index contributed by atoms with van der Waals surface area (Å²) in [7, 11) is -3.92. The van der Waals surface area contributed by atoms with Crippen LogP contribution in [0.4, 0.5) is 11.4 Å². The van der Waals surface area contributed by atoms with Crippen molar-refractivity contribution in [2.75, 3.05) is 16.2 Å². The van der Waals surface area contributed by atoms with Gasteiger partial charge in [-0.1, -0.05) is 53.6 Å². The monoisotopic (exact) mass is 422 g/mol. The first-order valence-electron chi connectivity index (χ1n) is 9.70. The van der Waals surface area contributed by atoms with Gasteiger partial charge in [0, 0.05) is 5.69 Å². The van der Waals surface area contributed by atoms with E-state index in [2.05, 4.69) is 5.32 Å². The van der Waals surface area contributed by atoms with Crippen LogP contribution in [0.2, 0.25) is 0 Å². The van der Waals surface area contributed by atoms with Crippen LogP contribution >= 0.6 is 0 Å². The van der Waals surface area contributed by atoms with Crippen LogP contribution in [0, 0.1) is 27.7 Å². The van der Waals surface area contributed by atoms with Crippen molar-refractivity contribution < 1.29 is 13.2 Å². The quantitative estimate of drug-likeness (QED) is 0.623. The lowest BCUT2D eigenvalue weighted by Crippen LogP contribution is -2.38. The molecule has 0 aliphatic heterocycles. The smallest absolute Gasteiger partial charge is 0.264 e. The molecular weight excluding hydrogens is 396 g/mol. The fourth-order valence-corrected chi connectivity index (χ4v) is 4.61. The van der Waals surface area contributed by atoms with Crippen molar-refractivity contribution in [3.8, 4) is 0 Å². The number of carbonyl (C=O) groups is 1. The second-order valence-electron chi connectivity index (χ2n) is 7.48. The summed E-state index contributed by atoms with van der Waals surface area (Å²) >= 11 is 0. The SMILES string of the molecule is Cc1ccc(N(CC(=O)Nc2c(C)cccc2C)S(=O)(=O)c2ccc(C)cc2)cc1. The number of aryl methyl sites for hydroxylation is 4. The van der Waals surface area contributed by atoms with Gasteiger partial charge in [-0.2, -0.15) is 0 Å². The molecule has 0 aromatic heterocycles. The number of hydrogen-bond donors (Lipinski definition) is 1. The largest absolute Gasteiger partial charge is 0.324 e. The van der Waals surface area contributed by atoms with Crippen LogP contribution in [0.1, 0.15) is 22.3 Å². The van der Waals surface area contributed by atoms with Gasteiger partial charge in [-0.05, 0) is 63.1 Å². The zero-order chi connectivity index (χ0) is 21.9. The van der Waals surface area contributed by atoms with Gasteiger partial charge in [0.2, 0.25) is 5.91 Å². The molecule has 1 amide bonds. The Labute approximate surface area is 178 Å². The second kappa shape index (κ2) is 8.71. The van der Waals surface area contributed by atoms with Gasteiger partial charge >= 0.3 is 0 Å². The van der Waals surface area contributed by atoms with E-state index in [0.717, 1.165) is 26.6 Å². The van der Waals surface area contributed by atoms with Crippen molar-refractivity contribution in [1.29, 1.82) is 0 Å². The predicted octanol–water partition coefficient (Wildman–Crippen LogP) is 4.75. The molecule has 1 N–H and O–H groups in total. The normalized spacial score (nSPS) is 11.2. The Hall–Kier alpha value is -3.12. The van der Waals surface area contributed by atoms with Gasteiger partial charge < -0.3 is 5.32 Å². The van der Waals surface area contributed by atoms with Crippen molar-refractivity contribution >= 4 is 27.3 Å². The number of hydrogen-bond acceptors (Lipinski definition) is 3. The average Bonchev–Trinajstić information content (AvgIpc) is 2.70. The van der Waals surface area contributed by atoms with Crippen LogP contribution in [0.3, 0.4) is 0 Å². The molecule has 30 heavy (non-hydrogen) atoms. The third kappa shape index (κ3) is 4.71. The number of nitrogens with zero attached hydrogens (tertiary/aromatic N) is 1. The van der Waals surface area contributed by atoms with E-state index >= 15 is 0 Å². The zero-order valence-electron chi connectivity index (χ0n) is 17.6. The Bertz CT molecular complexity index is 1130. The molecule has 3 aromatic carbocycles. The van der Waals surface area contributed by atoms with E-state index in [1.165, 1.54) is 0 Å². The van der Waals surface area contributed by atoms with Gasteiger partial charge in [0.15, 0.2) is 0 Å². The summed E-state index contributed by atoms with van der Waals surface area (Å²) in [4.78, 5) is 13.0. The van der Waals surface area contributed by atoms with Gasteiger partial charge in [-0.3, -0.25) is 9.10 Å². The zero-order valence-corrected chi connectivity index (χ0v) is 18.5. The molecule has 0 radical (unpaired) electrons. The molecule has 156 valence electrons. The maximum Gasteiger partial charge on any atom is 0.264 e. The highest BCUT2D eigenvalue weighted by atomic mass is 32.2. The minimum Gasteiger partial charge on any atom is -0.324 e. The second-order valence-corrected chi connectivity index (χ2v) is 9.34. The number of carbonyl (C=O) groups excluding carboxylic acids is 1. The van der Waals surface area contributed by atoms with Crippen LogP contribution in [-0.4, -0.2) is 20.9 Å². The van der Waals surface area contributed by atoms with Gasteiger partial charge in [0.1, 0.15) is 6.54 Å². The van der Waals surface area contributed by atoms with E-state index in [0.29, 0.717) is 11.4 Å². The summed E-state index contributed by atoms with van der Waals surface area (Å²) in [5, 5.41) is 2.88. The minimum atomic E-state index is -3.92. The van der Waals surface area contributed by atoms with Crippen LogP contribution in [0.15, 0.2) is 71.6 Å². The van der Waals surface area contributed by atoms with Gasteiger partial charge in [-0.25, -0.2) is 8.42 Å². The summed E-state index contributed by atoms with van der Waals surface area (Å²) < 4.78 is 27.9. The first kappa shape index (κ1) is 21.6. The van der Waals surface area contributed by atoms with Crippen molar-refractivity contribution in [3.63, 3.8) is 0 Å². The van der Waals surface area contributed by atoms with Crippen LogP contribution < -0.4 is 9.62 Å². The van der Waals surface area contributed by atoms with E-state index in [1.807, 2.05) is 58.0 Å². The van der Waals surface area contributed by atoms with E-state index in [9.17, 15) is 13.2 Å². The summed E-state index contributed by atoms with van der Waals surface area (Å²) in [6, 6.07) is 19.4. The molecule has 0 aliphatic carbocycles. The van der Waals surface area contributed by atoms with Gasteiger partial charge in [-0.15, -0.1) is 0 Å². The Balaban J connectivity index is 1.96. The molecule has 0 spiro atoms. The number of benzene rings is 3. The Kier molecular flexibility index (Phi) is 6.27. The first-order valence-corrected chi connectivity index (χ1v) is 11.1. The molecule has 0 atom stereocenters. The lowest BCUT2D eigenvalue weighted by Gasteiger charge is -2.24. The average molecular weight is 423 g/mol. The summed E-state index contributed by atoms with van der Waals surface area (Å²) in [6.45, 7) is 7.31. The molecule has 0 saturated carbocycles. The number of rotatable bonds is 6. The molecule has 5 nitrogen and oxygen atoms in total. The third-order valence-corrected chi connectivity index (χ3v) is 6.75. The molecule has 0 bridgehead atoms. The molecule has 0 fully saturated rings. The van der Waals surface area contributed by atoms with E-state index < -0.39 is 15.9 Å². The van der Waals surface area contributed by atoms with Crippen molar-refractivity contribution in [1.82, 2.24) is 0 Å². The third-order valence-electron chi connectivity index (χ3n) is 4.96. The summed E-state index contributed by atoms with van der Waals surface area (Å²) in [5.74, 6) is -0.399. The molecule has 3 aromatic rings.